The molecule has 0 aromatic heterocycles. The molecular weight excluding hydrogens is 427 g/mol. The highest BCUT2D eigenvalue weighted by atomic mass is 127. The topological polar surface area (TPSA) is 47.9 Å². The van der Waals surface area contributed by atoms with E-state index in [4.69, 9.17) is 0 Å². The first-order valence-corrected chi connectivity index (χ1v) is 8.39. The van der Waals surface area contributed by atoms with Crippen LogP contribution in [0.15, 0.2) is 48.0 Å². The fraction of sp³-hybridized carbons (Fsp3) is 0.474. The number of hydrogen-bond acceptors (Lipinski definition) is 2. The Morgan fingerprint density at radius 2 is 1.92 bits per heavy atom. The molecule has 0 atom stereocenters. The number of benzene rings is 1. The minimum absolute atomic E-state index is 0. The number of carbonyl (C=O) groups excluding carboxylic acids is 1. The molecule has 1 N–H and O–H groups in total. The predicted molar refractivity (Wildman–Crippen MR) is 117 cm³/mol. The van der Waals surface area contributed by atoms with E-state index < -0.39 is 0 Å². The second-order valence-corrected chi connectivity index (χ2v) is 5.94. The molecule has 0 bridgehead atoms. The number of unbranched alkanes of at least 4 members (excludes halogenated alkanes) is 1. The van der Waals surface area contributed by atoms with Gasteiger partial charge in [-0.25, -0.2) is 4.99 Å². The van der Waals surface area contributed by atoms with Crippen LogP contribution in [0.2, 0.25) is 0 Å². The summed E-state index contributed by atoms with van der Waals surface area (Å²) in [7, 11) is 5.49. The Balaban J connectivity index is 0.00000576. The van der Waals surface area contributed by atoms with Gasteiger partial charge in [0, 0.05) is 34.2 Å². The van der Waals surface area contributed by atoms with Crippen molar-refractivity contribution in [2.24, 2.45) is 4.99 Å². The zero-order valence-electron chi connectivity index (χ0n) is 15.6. The Kier molecular flexibility index (Phi) is 12.8. The maximum atomic E-state index is 11.8. The molecule has 0 aliphatic rings. The Bertz CT molecular complexity index is 531. The lowest BCUT2D eigenvalue weighted by molar-refractivity contribution is -0.127. The normalized spacial score (nSPS) is 10.6. The first-order valence-electron chi connectivity index (χ1n) is 8.39. The number of aliphatic imine (C=N–C) groups is 1. The van der Waals surface area contributed by atoms with Crippen molar-refractivity contribution in [3.8, 4) is 0 Å². The summed E-state index contributed by atoms with van der Waals surface area (Å²) in [6.45, 7) is 5.57. The third-order valence-corrected chi connectivity index (χ3v) is 3.67. The van der Waals surface area contributed by atoms with Crippen LogP contribution in [0.3, 0.4) is 0 Å². The van der Waals surface area contributed by atoms with Crippen molar-refractivity contribution in [2.75, 3.05) is 40.8 Å². The summed E-state index contributed by atoms with van der Waals surface area (Å²) in [5.41, 5.74) is 1.28. The van der Waals surface area contributed by atoms with Gasteiger partial charge >= 0.3 is 0 Å². The van der Waals surface area contributed by atoms with Crippen LogP contribution in [0.1, 0.15) is 18.4 Å². The molecule has 5 nitrogen and oxygen atoms in total. The molecule has 0 fully saturated rings. The van der Waals surface area contributed by atoms with Gasteiger partial charge in [-0.2, -0.15) is 0 Å². The number of amides is 1. The minimum atomic E-state index is -0.00292. The Labute approximate surface area is 169 Å². The summed E-state index contributed by atoms with van der Waals surface area (Å²) in [5, 5.41) is 3.37. The second kappa shape index (κ2) is 13.7. The molecule has 25 heavy (non-hydrogen) atoms. The van der Waals surface area contributed by atoms with Gasteiger partial charge in [-0.1, -0.05) is 36.4 Å². The van der Waals surface area contributed by atoms with E-state index in [1.807, 2.05) is 31.3 Å². The Morgan fingerprint density at radius 1 is 1.24 bits per heavy atom. The zero-order chi connectivity index (χ0) is 17.8. The largest absolute Gasteiger partial charge is 0.356 e. The van der Waals surface area contributed by atoms with E-state index in [0.29, 0.717) is 0 Å². The minimum Gasteiger partial charge on any atom is -0.356 e. The average molecular weight is 458 g/mol. The Morgan fingerprint density at radius 3 is 2.52 bits per heavy atom. The van der Waals surface area contributed by atoms with Gasteiger partial charge in [0.05, 0.1) is 0 Å². The number of guanidine groups is 1. The van der Waals surface area contributed by atoms with Crippen LogP contribution >= 0.6 is 24.0 Å². The lowest BCUT2D eigenvalue weighted by Crippen LogP contribution is -2.41. The standard InChI is InChI=1S/C19H30N4O.HI/c1-5-6-10-15-23(4)19(21-16-18(24)22(2)3)20-14-13-17-11-8-7-9-12-17;/h5,7-9,11-12H,1,6,10,13-16H2,2-4H3,(H,20,21);1H. The highest BCUT2D eigenvalue weighted by Crippen LogP contribution is 1.99. The zero-order valence-corrected chi connectivity index (χ0v) is 17.9. The van der Waals surface area contributed by atoms with Gasteiger partial charge < -0.3 is 15.1 Å². The average Bonchev–Trinajstić information content (AvgIpc) is 2.58. The first-order chi connectivity index (χ1) is 11.5. The molecule has 0 spiro atoms. The van der Waals surface area contributed by atoms with Gasteiger partial charge in [-0.05, 0) is 24.8 Å². The number of nitrogens with zero attached hydrogens (tertiary/aromatic N) is 3. The number of likely N-dealkylation sites (N-methyl/N-ethyl adjacent to an activating group) is 1. The summed E-state index contributed by atoms with van der Waals surface area (Å²) >= 11 is 0. The van der Waals surface area contributed by atoms with E-state index in [-0.39, 0.29) is 36.4 Å². The van der Waals surface area contributed by atoms with Crippen LogP contribution < -0.4 is 5.32 Å². The number of carbonyl (C=O) groups is 1. The predicted octanol–water partition coefficient (Wildman–Crippen LogP) is 2.78. The molecular formula is C19H31IN4O. The van der Waals surface area contributed by atoms with E-state index >= 15 is 0 Å². The second-order valence-electron chi connectivity index (χ2n) is 5.94. The highest BCUT2D eigenvalue weighted by molar-refractivity contribution is 14.0. The molecule has 1 aromatic rings. The van der Waals surface area contributed by atoms with Gasteiger partial charge in [0.2, 0.25) is 5.91 Å². The van der Waals surface area contributed by atoms with Gasteiger partial charge in [-0.15, -0.1) is 30.6 Å². The van der Waals surface area contributed by atoms with Crippen molar-refractivity contribution in [3.05, 3.63) is 48.6 Å². The molecule has 0 saturated carbocycles. The molecule has 0 heterocycles. The molecule has 0 aliphatic heterocycles. The van der Waals surface area contributed by atoms with Gasteiger partial charge in [-0.3, -0.25) is 4.79 Å². The van der Waals surface area contributed by atoms with Crippen LogP contribution in [0.4, 0.5) is 0 Å². The van der Waals surface area contributed by atoms with Crippen LogP contribution in [0.5, 0.6) is 0 Å². The van der Waals surface area contributed by atoms with Crippen molar-refractivity contribution in [1.29, 1.82) is 0 Å². The Hall–Kier alpha value is -1.57. The molecule has 0 radical (unpaired) electrons. The van der Waals surface area contributed by atoms with E-state index in [1.54, 1.807) is 19.0 Å². The fourth-order valence-electron chi connectivity index (χ4n) is 2.14. The summed E-state index contributed by atoms with van der Waals surface area (Å²) in [6.07, 6.45) is 4.82. The lowest BCUT2D eigenvalue weighted by atomic mass is 10.1. The van der Waals surface area contributed by atoms with E-state index in [1.165, 1.54) is 5.56 Å². The van der Waals surface area contributed by atoms with Crippen LogP contribution in [-0.2, 0) is 11.2 Å². The summed E-state index contributed by atoms with van der Waals surface area (Å²) < 4.78 is 0. The van der Waals surface area contributed by atoms with Crippen LogP contribution in [0, 0.1) is 0 Å². The third-order valence-electron chi connectivity index (χ3n) is 3.67. The van der Waals surface area contributed by atoms with E-state index in [2.05, 4.69) is 33.9 Å². The number of nitrogens with one attached hydrogen (secondary N) is 1. The number of hydrogen-bond donors (Lipinski definition) is 1. The van der Waals surface area contributed by atoms with E-state index in [9.17, 15) is 4.79 Å². The summed E-state index contributed by atoms with van der Waals surface area (Å²) in [4.78, 5) is 19.9. The fourth-order valence-corrected chi connectivity index (χ4v) is 2.14. The van der Waals surface area contributed by atoms with Crippen LogP contribution in [0.25, 0.3) is 0 Å². The molecule has 0 saturated heterocycles. The van der Waals surface area contributed by atoms with Gasteiger partial charge in [0.1, 0.15) is 6.54 Å². The quantitative estimate of drug-likeness (QED) is 0.204. The van der Waals surface area contributed by atoms with Gasteiger partial charge in [0.15, 0.2) is 5.96 Å². The molecule has 1 amide bonds. The van der Waals surface area contributed by atoms with Gasteiger partial charge in [0.25, 0.3) is 0 Å². The molecule has 1 rings (SSSR count). The number of halogens is 1. The van der Waals surface area contributed by atoms with Crippen molar-refractivity contribution in [2.45, 2.75) is 19.3 Å². The highest BCUT2D eigenvalue weighted by Gasteiger charge is 2.08. The molecule has 0 unspecified atom stereocenters. The summed E-state index contributed by atoms with van der Waals surface area (Å²) in [6, 6.07) is 10.3. The molecule has 1 aromatic carbocycles. The van der Waals surface area contributed by atoms with E-state index in [0.717, 1.165) is 38.3 Å². The number of rotatable bonds is 9. The van der Waals surface area contributed by atoms with Crippen molar-refractivity contribution >= 4 is 35.8 Å². The SMILES string of the molecule is C=CCCCN(C)C(=NCC(=O)N(C)C)NCCc1ccccc1.I. The summed E-state index contributed by atoms with van der Waals surface area (Å²) in [5.74, 6) is 0.766. The molecule has 0 aliphatic carbocycles. The molecule has 140 valence electrons. The maximum Gasteiger partial charge on any atom is 0.243 e. The monoisotopic (exact) mass is 458 g/mol. The van der Waals surface area contributed by atoms with Crippen molar-refractivity contribution < 1.29 is 4.79 Å². The van der Waals surface area contributed by atoms with Crippen molar-refractivity contribution in [1.82, 2.24) is 15.1 Å². The van der Waals surface area contributed by atoms with Crippen LogP contribution in [-0.4, -0.2) is 62.4 Å². The number of allylic oxidation sites excluding steroid dienone is 1. The smallest absolute Gasteiger partial charge is 0.243 e. The first kappa shape index (κ1) is 23.4. The maximum absolute atomic E-state index is 11.8. The molecule has 6 heteroatoms. The third kappa shape index (κ3) is 10.1. The lowest BCUT2D eigenvalue weighted by Gasteiger charge is -2.22. The van der Waals surface area contributed by atoms with Crippen molar-refractivity contribution in [3.63, 3.8) is 0 Å².